The number of nitrogens with one attached hydrogen (secondary N) is 1. The summed E-state index contributed by atoms with van der Waals surface area (Å²) in [6.45, 7) is 1.30. The van der Waals surface area contributed by atoms with Crippen molar-refractivity contribution >= 4 is 27.7 Å². The molecule has 2 heterocycles. The molecule has 0 unspecified atom stereocenters. The molecule has 4 rings (SSSR count). The number of aromatic nitrogens is 3. The standard InChI is InChI=1S/C24H18BrF3N4O3/c1-13-10-19(21(25)24(34)32(13)22-17(27)4-3-5-18(22)28)35-12-14-6-7-15(26)11-16(14)23(33)29-20-8-9-31(2)30-20/h3-11H,12H2,1-2H3,(H,29,30,33). The second-order valence-electron chi connectivity index (χ2n) is 7.59. The summed E-state index contributed by atoms with van der Waals surface area (Å²) < 4.78 is 50.5. The molecule has 7 nitrogen and oxygen atoms in total. The molecule has 0 atom stereocenters. The summed E-state index contributed by atoms with van der Waals surface area (Å²) in [5.41, 5.74) is -0.672. The number of anilines is 1. The Labute approximate surface area is 205 Å². The van der Waals surface area contributed by atoms with E-state index < -0.39 is 34.6 Å². The molecule has 4 aromatic rings. The van der Waals surface area contributed by atoms with Crippen molar-refractivity contribution in [1.29, 1.82) is 0 Å². The van der Waals surface area contributed by atoms with E-state index in [1.54, 1.807) is 19.3 Å². The fourth-order valence-electron chi connectivity index (χ4n) is 3.47. The fourth-order valence-corrected chi connectivity index (χ4v) is 3.88. The number of carbonyl (C=O) groups excluding carboxylic acids is 1. The van der Waals surface area contributed by atoms with E-state index in [9.17, 15) is 22.8 Å². The number of para-hydroxylation sites is 1. The van der Waals surface area contributed by atoms with Gasteiger partial charge in [0.05, 0.1) is 0 Å². The molecular weight excluding hydrogens is 529 g/mol. The minimum Gasteiger partial charge on any atom is -0.487 e. The first kappa shape index (κ1) is 24.3. The van der Waals surface area contributed by atoms with Crippen molar-refractivity contribution in [1.82, 2.24) is 14.3 Å². The minimum atomic E-state index is -0.898. The van der Waals surface area contributed by atoms with Crippen LogP contribution in [0.25, 0.3) is 5.69 Å². The number of carbonyl (C=O) groups is 1. The van der Waals surface area contributed by atoms with Crippen molar-refractivity contribution < 1.29 is 22.7 Å². The van der Waals surface area contributed by atoms with E-state index in [1.165, 1.54) is 35.9 Å². The van der Waals surface area contributed by atoms with Gasteiger partial charge in [0.25, 0.3) is 11.5 Å². The summed E-state index contributed by atoms with van der Waals surface area (Å²) in [7, 11) is 1.69. The summed E-state index contributed by atoms with van der Waals surface area (Å²) in [6.07, 6.45) is 1.64. The monoisotopic (exact) mass is 546 g/mol. The topological polar surface area (TPSA) is 78.2 Å². The Kier molecular flexibility index (Phi) is 6.79. The second-order valence-corrected chi connectivity index (χ2v) is 8.39. The fraction of sp³-hybridized carbons (Fsp3) is 0.125. The average Bonchev–Trinajstić information content (AvgIpc) is 3.22. The number of hydrogen-bond acceptors (Lipinski definition) is 4. The predicted octanol–water partition coefficient (Wildman–Crippen LogP) is 4.89. The Morgan fingerprint density at radius 2 is 1.83 bits per heavy atom. The first-order valence-electron chi connectivity index (χ1n) is 10.2. The first-order valence-corrected chi connectivity index (χ1v) is 11.0. The molecule has 0 spiro atoms. The SMILES string of the molecule is Cc1cc(OCc2ccc(F)cc2C(=O)Nc2ccn(C)n2)c(Br)c(=O)n1-c1c(F)cccc1F. The molecule has 0 aliphatic carbocycles. The molecule has 1 amide bonds. The van der Waals surface area contributed by atoms with Gasteiger partial charge >= 0.3 is 0 Å². The molecule has 0 saturated heterocycles. The number of aryl methyl sites for hydroxylation is 2. The van der Waals surface area contributed by atoms with Crippen LogP contribution in [0, 0.1) is 24.4 Å². The van der Waals surface area contributed by atoms with Crippen LogP contribution in [0.5, 0.6) is 5.75 Å². The Morgan fingerprint density at radius 3 is 2.49 bits per heavy atom. The van der Waals surface area contributed by atoms with Crippen molar-refractivity contribution in [3.05, 3.63) is 104 Å². The first-order chi connectivity index (χ1) is 16.7. The van der Waals surface area contributed by atoms with Gasteiger partial charge in [-0.25, -0.2) is 13.2 Å². The van der Waals surface area contributed by atoms with Crippen molar-refractivity contribution in [3.8, 4) is 11.4 Å². The Balaban J connectivity index is 1.63. The molecule has 0 aliphatic heterocycles. The van der Waals surface area contributed by atoms with Crippen LogP contribution in [0.4, 0.5) is 19.0 Å². The van der Waals surface area contributed by atoms with Crippen LogP contribution >= 0.6 is 15.9 Å². The van der Waals surface area contributed by atoms with E-state index in [-0.39, 0.29) is 33.9 Å². The van der Waals surface area contributed by atoms with Gasteiger partial charge in [-0.1, -0.05) is 12.1 Å². The molecule has 1 N–H and O–H groups in total. The zero-order chi connectivity index (χ0) is 25.3. The zero-order valence-electron chi connectivity index (χ0n) is 18.5. The van der Waals surface area contributed by atoms with Crippen LogP contribution in [0.1, 0.15) is 21.6 Å². The van der Waals surface area contributed by atoms with Crippen molar-refractivity contribution in [2.45, 2.75) is 13.5 Å². The van der Waals surface area contributed by atoms with Gasteiger partial charge < -0.3 is 10.1 Å². The maximum absolute atomic E-state index is 14.3. The van der Waals surface area contributed by atoms with Crippen LogP contribution in [-0.2, 0) is 13.7 Å². The quantitative estimate of drug-likeness (QED) is 0.373. The van der Waals surface area contributed by atoms with Gasteiger partial charge in [-0.2, -0.15) is 5.10 Å². The maximum atomic E-state index is 14.3. The van der Waals surface area contributed by atoms with E-state index in [2.05, 4.69) is 26.3 Å². The van der Waals surface area contributed by atoms with Crippen LogP contribution in [0.3, 0.4) is 0 Å². The summed E-state index contributed by atoms with van der Waals surface area (Å²) in [5.74, 6) is -2.64. The molecule has 11 heteroatoms. The maximum Gasteiger partial charge on any atom is 0.273 e. The highest BCUT2D eigenvalue weighted by Gasteiger charge is 2.20. The highest BCUT2D eigenvalue weighted by atomic mass is 79.9. The smallest absolute Gasteiger partial charge is 0.273 e. The van der Waals surface area contributed by atoms with Gasteiger partial charge in [-0.05, 0) is 47.1 Å². The van der Waals surface area contributed by atoms with Crippen LogP contribution in [0.2, 0.25) is 0 Å². The molecular formula is C24H18BrF3N4O3. The molecule has 0 aliphatic rings. The van der Waals surface area contributed by atoms with Crippen molar-refractivity contribution in [3.63, 3.8) is 0 Å². The van der Waals surface area contributed by atoms with Gasteiger partial charge in [0.2, 0.25) is 0 Å². The number of amides is 1. The summed E-state index contributed by atoms with van der Waals surface area (Å²) >= 11 is 3.14. The van der Waals surface area contributed by atoms with Gasteiger partial charge in [-0.15, -0.1) is 0 Å². The number of pyridine rings is 1. The molecule has 0 saturated carbocycles. The Hall–Kier alpha value is -3.86. The molecule has 0 radical (unpaired) electrons. The van der Waals surface area contributed by atoms with E-state index in [0.717, 1.165) is 22.8 Å². The normalized spacial score (nSPS) is 10.9. The van der Waals surface area contributed by atoms with E-state index in [0.29, 0.717) is 5.56 Å². The highest BCUT2D eigenvalue weighted by Crippen LogP contribution is 2.27. The van der Waals surface area contributed by atoms with Gasteiger partial charge in [0.1, 0.15) is 40.0 Å². The van der Waals surface area contributed by atoms with Gasteiger partial charge in [0, 0.05) is 42.2 Å². The zero-order valence-corrected chi connectivity index (χ0v) is 20.1. The van der Waals surface area contributed by atoms with Gasteiger partial charge in [-0.3, -0.25) is 18.8 Å². The van der Waals surface area contributed by atoms with Crippen LogP contribution < -0.4 is 15.6 Å². The molecule has 2 aromatic heterocycles. The van der Waals surface area contributed by atoms with Gasteiger partial charge in [0.15, 0.2) is 5.82 Å². The van der Waals surface area contributed by atoms with Crippen LogP contribution in [0.15, 0.2) is 64.0 Å². The van der Waals surface area contributed by atoms with E-state index in [4.69, 9.17) is 4.74 Å². The summed E-state index contributed by atoms with van der Waals surface area (Å²) in [6, 6.07) is 9.94. The number of hydrogen-bond donors (Lipinski definition) is 1. The summed E-state index contributed by atoms with van der Waals surface area (Å²) in [4.78, 5) is 25.7. The molecule has 35 heavy (non-hydrogen) atoms. The third-order valence-electron chi connectivity index (χ3n) is 5.12. The molecule has 0 bridgehead atoms. The lowest BCUT2D eigenvalue weighted by Gasteiger charge is -2.16. The number of benzene rings is 2. The second kappa shape index (κ2) is 9.79. The number of nitrogens with zero attached hydrogens (tertiary/aromatic N) is 3. The minimum absolute atomic E-state index is 0.0188. The third-order valence-corrected chi connectivity index (χ3v) is 5.85. The van der Waals surface area contributed by atoms with Crippen molar-refractivity contribution in [2.24, 2.45) is 7.05 Å². The summed E-state index contributed by atoms with van der Waals surface area (Å²) in [5, 5.41) is 6.65. The number of rotatable bonds is 6. The van der Waals surface area contributed by atoms with E-state index in [1.807, 2.05) is 0 Å². The Bertz CT molecular complexity index is 1480. The predicted molar refractivity (Wildman–Crippen MR) is 126 cm³/mol. The number of ether oxygens (including phenoxy) is 1. The average molecular weight is 547 g/mol. The lowest BCUT2D eigenvalue weighted by Crippen LogP contribution is -2.24. The Morgan fingerprint density at radius 1 is 1.11 bits per heavy atom. The molecule has 180 valence electrons. The van der Waals surface area contributed by atoms with Crippen molar-refractivity contribution in [2.75, 3.05) is 5.32 Å². The molecule has 2 aromatic carbocycles. The highest BCUT2D eigenvalue weighted by molar-refractivity contribution is 9.10. The van der Waals surface area contributed by atoms with Crippen LogP contribution in [-0.4, -0.2) is 20.3 Å². The largest absolute Gasteiger partial charge is 0.487 e. The third kappa shape index (κ3) is 4.99. The lowest BCUT2D eigenvalue weighted by molar-refractivity contribution is 0.102. The molecule has 0 fully saturated rings. The van der Waals surface area contributed by atoms with E-state index >= 15 is 0 Å². The number of halogens is 4. The lowest BCUT2D eigenvalue weighted by atomic mass is 10.1.